The monoisotopic (exact) mass is 439 g/mol. The minimum Gasteiger partial charge on any atom is -0.268 e. The molecule has 3 aromatic rings. The van der Waals surface area contributed by atoms with Gasteiger partial charge in [0, 0.05) is 13.1 Å². The Hall–Kier alpha value is -1.76. The molecule has 7 nitrogen and oxygen atoms in total. The highest BCUT2D eigenvalue weighted by Gasteiger charge is 2.38. The molecule has 0 spiro atoms. The molecule has 1 aromatic carbocycles. The van der Waals surface area contributed by atoms with Crippen molar-refractivity contribution in [2.75, 3.05) is 6.54 Å². The summed E-state index contributed by atoms with van der Waals surface area (Å²) in [5.41, 5.74) is -0.223. The second kappa shape index (κ2) is 7.34. The third-order valence-corrected chi connectivity index (χ3v) is 6.27. The van der Waals surface area contributed by atoms with Crippen LogP contribution in [0, 0.1) is 6.92 Å². The Morgan fingerprint density at radius 1 is 1.30 bits per heavy atom. The van der Waals surface area contributed by atoms with E-state index in [-0.39, 0.29) is 35.6 Å². The van der Waals surface area contributed by atoms with Gasteiger partial charge >= 0.3 is 6.18 Å². The molecule has 146 valence electrons. The van der Waals surface area contributed by atoms with Gasteiger partial charge in [0.2, 0.25) is 10.0 Å². The van der Waals surface area contributed by atoms with Crippen molar-refractivity contribution in [2.45, 2.75) is 31.0 Å². The van der Waals surface area contributed by atoms with E-state index in [1.807, 2.05) is 0 Å². The van der Waals surface area contributed by atoms with Crippen LogP contribution < -0.4 is 4.72 Å². The number of fused-ring (bicyclic) bond motifs is 1. The van der Waals surface area contributed by atoms with E-state index in [0.29, 0.717) is 5.52 Å². The van der Waals surface area contributed by atoms with Gasteiger partial charge < -0.3 is 0 Å². The predicted molar refractivity (Wildman–Crippen MR) is 94.2 cm³/mol. The second-order valence-electron chi connectivity index (χ2n) is 5.61. The van der Waals surface area contributed by atoms with E-state index in [2.05, 4.69) is 18.6 Å². The third-order valence-electron chi connectivity index (χ3n) is 3.78. The zero-order valence-corrected chi connectivity index (χ0v) is 16.2. The average molecular weight is 440 g/mol. The summed E-state index contributed by atoms with van der Waals surface area (Å²) < 4.78 is 74.8. The zero-order chi connectivity index (χ0) is 19.8. The molecule has 0 fully saturated rings. The quantitative estimate of drug-likeness (QED) is 0.595. The van der Waals surface area contributed by atoms with Gasteiger partial charge in [-0.2, -0.15) is 27.0 Å². The fourth-order valence-electron chi connectivity index (χ4n) is 2.43. The molecular formula is C14H13ClF3N5O2S2. The van der Waals surface area contributed by atoms with E-state index in [9.17, 15) is 21.6 Å². The minimum atomic E-state index is -4.64. The number of hydrogen-bond donors (Lipinski definition) is 1. The standard InChI is InChI=1S/C14H13ClF3N5O2S2/c1-8-11(15)13(14(16,17)18)20-23(8)7-3-6-19-27(24,25)10-5-2-4-9-12(10)22-26-21-9/h2,4-5,19H,3,6-7H2,1H3. The number of sulfonamides is 1. The third kappa shape index (κ3) is 4.08. The fraction of sp³-hybridized carbons (Fsp3) is 0.357. The van der Waals surface area contributed by atoms with Crippen LogP contribution >= 0.6 is 23.3 Å². The van der Waals surface area contributed by atoms with Crippen LogP contribution in [0.4, 0.5) is 13.2 Å². The van der Waals surface area contributed by atoms with Crippen molar-refractivity contribution >= 4 is 44.4 Å². The van der Waals surface area contributed by atoms with E-state index in [1.165, 1.54) is 13.0 Å². The molecule has 3 rings (SSSR count). The van der Waals surface area contributed by atoms with Gasteiger partial charge in [0.15, 0.2) is 5.69 Å². The minimum absolute atomic E-state index is 0.00595. The summed E-state index contributed by atoms with van der Waals surface area (Å²) in [4.78, 5) is 0.00595. The van der Waals surface area contributed by atoms with Crippen molar-refractivity contribution in [1.82, 2.24) is 23.2 Å². The Kier molecular flexibility index (Phi) is 5.43. The first-order valence-corrected chi connectivity index (χ1v) is 10.2. The first kappa shape index (κ1) is 20.0. The first-order chi connectivity index (χ1) is 12.6. The molecule has 1 N–H and O–H groups in total. The molecule has 0 unspecified atom stereocenters. The molecule has 0 amide bonds. The zero-order valence-electron chi connectivity index (χ0n) is 13.8. The molecule has 2 aromatic heterocycles. The molecule has 0 aliphatic carbocycles. The number of alkyl halides is 3. The van der Waals surface area contributed by atoms with E-state index >= 15 is 0 Å². The summed E-state index contributed by atoms with van der Waals surface area (Å²) in [7, 11) is -3.83. The Morgan fingerprint density at radius 3 is 2.70 bits per heavy atom. The van der Waals surface area contributed by atoms with Crippen molar-refractivity contribution < 1.29 is 21.6 Å². The van der Waals surface area contributed by atoms with Crippen LogP contribution in [0.5, 0.6) is 0 Å². The maximum Gasteiger partial charge on any atom is 0.436 e. The number of benzene rings is 1. The fourth-order valence-corrected chi connectivity index (χ4v) is 4.52. The van der Waals surface area contributed by atoms with Crippen LogP contribution in [0.15, 0.2) is 23.1 Å². The lowest BCUT2D eigenvalue weighted by Crippen LogP contribution is -2.26. The number of rotatable bonds is 6. The van der Waals surface area contributed by atoms with Crippen LogP contribution in [-0.2, 0) is 22.7 Å². The maximum absolute atomic E-state index is 12.8. The van der Waals surface area contributed by atoms with Gasteiger partial charge in [0.1, 0.15) is 15.9 Å². The summed E-state index contributed by atoms with van der Waals surface area (Å²) in [6, 6.07) is 4.63. The number of hydrogen-bond acceptors (Lipinski definition) is 6. The number of aromatic nitrogens is 4. The van der Waals surface area contributed by atoms with Crippen LogP contribution in [0.1, 0.15) is 17.8 Å². The average Bonchev–Trinajstić information content (AvgIpc) is 3.17. The lowest BCUT2D eigenvalue weighted by atomic mass is 10.3. The summed E-state index contributed by atoms with van der Waals surface area (Å²) in [5.74, 6) is 0. The molecule has 0 bridgehead atoms. The van der Waals surface area contributed by atoms with E-state index in [1.54, 1.807) is 12.1 Å². The number of halogens is 4. The van der Waals surface area contributed by atoms with Crippen molar-refractivity contribution in [3.63, 3.8) is 0 Å². The molecule has 0 aliphatic rings. The summed E-state index contributed by atoms with van der Waals surface area (Å²) >= 11 is 6.59. The first-order valence-electron chi connectivity index (χ1n) is 7.62. The highest BCUT2D eigenvalue weighted by Crippen LogP contribution is 2.35. The molecule has 0 radical (unpaired) electrons. The van der Waals surface area contributed by atoms with Gasteiger partial charge in [-0.3, -0.25) is 4.68 Å². The van der Waals surface area contributed by atoms with Crippen LogP contribution in [0.3, 0.4) is 0 Å². The van der Waals surface area contributed by atoms with Crippen molar-refractivity contribution in [2.24, 2.45) is 0 Å². The normalized spacial score (nSPS) is 12.8. The summed E-state index contributed by atoms with van der Waals surface area (Å²) in [6.45, 7) is 1.51. The van der Waals surface area contributed by atoms with Gasteiger partial charge in [-0.1, -0.05) is 17.7 Å². The lowest BCUT2D eigenvalue weighted by Gasteiger charge is -2.08. The van der Waals surface area contributed by atoms with Crippen LogP contribution in [-0.4, -0.2) is 33.5 Å². The van der Waals surface area contributed by atoms with Gasteiger partial charge in [0.05, 0.1) is 22.4 Å². The molecular weight excluding hydrogens is 427 g/mol. The maximum atomic E-state index is 12.8. The highest BCUT2D eigenvalue weighted by molar-refractivity contribution is 7.89. The molecule has 0 atom stereocenters. The van der Waals surface area contributed by atoms with Gasteiger partial charge in [-0.25, -0.2) is 13.1 Å². The Labute approximate surface area is 161 Å². The second-order valence-corrected chi connectivity index (χ2v) is 8.25. The predicted octanol–water partition coefficient (Wildman–Crippen LogP) is 3.24. The van der Waals surface area contributed by atoms with Crippen molar-refractivity contribution in [3.05, 3.63) is 34.6 Å². The summed E-state index contributed by atoms with van der Waals surface area (Å²) in [5, 5.41) is 3.02. The van der Waals surface area contributed by atoms with E-state index in [4.69, 9.17) is 11.6 Å². The van der Waals surface area contributed by atoms with Gasteiger partial charge in [-0.05, 0) is 25.5 Å². The number of aryl methyl sites for hydroxylation is 1. The summed E-state index contributed by atoms with van der Waals surface area (Å²) in [6.07, 6.45) is -4.42. The van der Waals surface area contributed by atoms with E-state index < -0.39 is 26.9 Å². The molecule has 13 heteroatoms. The smallest absolute Gasteiger partial charge is 0.268 e. The molecule has 0 saturated carbocycles. The van der Waals surface area contributed by atoms with Gasteiger partial charge in [-0.15, -0.1) is 0 Å². The molecule has 0 saturated heterocycles. The van der Waals surface area contributed by atoms with Crippen molar-refractivity contribution in [3.8, 4) is 0 Å². The van der Waals surface area contributed by atoms with Crippen molar-refractivity contribution in [1.29, 1.82) is 0 Å². The largest absolute Gasteiger partial charge is 0.436 e. The van der Waals surface area contributed by atoms with Gasteiger partial charge in [0.25, 0.3) is 0 Å². The SMILES string of the molecule is Cc1c(Cl)c(C(F)(F)F)nn1CCCNS(=O)(=O)c1cccc2nsnc12. The topological polar surface area (TPSA) is 89.8 Å². The molecule has 27 heavy (non-hydrogen) atoms. The molecule has 0 aliphatic heterocycles. The lowest BCUT2D eigenvalue weighted by molar-refractivity contribution is -0.141. The van der Waals surface area contributed by atoms with Crippen LogP contribution in [0.25, 0.3) is 11.0 Å². The molecule has 2 heterocycles. The highest BCUT2D eigenvalue weighted by atomic mass is 35.5. The number of nitrogens with one attached hydrogen (secondary N) is 1. The Bertz CT molecular complexity index is 1080. The van der Waals surface area contributed by atoms with E-state index in [0.717, 1.165) is 16.4 Å². The Balaban J connectivity index is 1.66. The Morgan fingerprint density at radius 2 is 2.04 bits per heavy atom. The van der Waals surface area contributed by atoms with Crippen LogP contribution in [0.2, 0.25) is 5.02 Å². The number of nitrogens with zero attached hydrogens (tertiary/aromatic N) is 4.